The van der Waals surface area contributed by atoms with E-state index in [9.17, 15) is 9.59 Å². The molecule has 1 unspecified atom stereocenters. The first kappa shape index (κ1) is 27.8. The molecule has 1 heterocycles. The van der Waals surface area contributed by atoms with Gasteiger partial charge in [0.2, 0.25) is 5.91 Å². The summed E-state index contributed by atoms with van der Waals surface area (Å²) in [4.78, 5) is 31.0. The molecule has 0 saturated heterocycles. The van der Waals surface area contributed by atoms with Crippen molar-refractivity contribution in [3.63, 3.8) is 0 Å². The summed E-state index contributed by atoms with van der Waals surface area (Å²) in [6.45, 7) is 1.82. The minimum absolute atomic E-state index is 0.175. The van der Waals surface area contributed by atoms with Gasteiger partial charge in [-0.1, -0.05) is 35.3 Å². The van der Waals surface area contributed by atoms with Crippen LogP contribution in [-0.2, 0) is 4.79 Å². The number of thiazole rings is 1. The zero-order valence-corrected chi connectivity index (χ0v) is 23.7. The highest BCUT2D eigenvalue weighted by molar-refractivity contribution is 8.00. The van der Waals surface area contributed by atoms with E-state index in [0.29, 0.717) is 43.6 Å². The first-order valence-electron chi connectivity index (χ1n) is 11.3. The zero-order valence-electron chi connectivity index (χ0n) is 20.6. The van der Waals surface area contributed by atoms with Gasteiger partial charge in [-0.05, 0) is 55.5 Å². The smallest absolute Gasteiger partial charge is 0.263 e. The van der Waals surface area contributed by atoms with Crippen LogP contribution in [0.2, 0.25) is 10.0 Å². The van der Waals surface area contributed by atoms with Crippen molar-refractivity contribution < 1.29 is 19.1 Å². The molecular formula is C27H23Cl2N3O4S2. The predicted octanol–water partition coefficient (Wildman–Crippen LogP) is 7.51. The molecule has 196 valence electrons. The number of anilines is 2. The Labute approximate surface area is 238 Å². The molecule has 1 atom stereocenters. The maximum Gasteiger partial charge on any atom is 0.263 e. The first-order valence-corrected chi connectivity index (χ1v) is 13.8. The monoisotopic (exact) mass is 587 g/mol. The fourth-order valence-corrected chi connectivity index (χ4v) is 5.36. The standard InChI is InChI=1S/C27H23Cl2N3O4S2/c1-15(25(33)32-27-31-21(14-37-27)16-7-12-19(28)20(29)13-16)38-18-10-8-17(9-11-18)30-26(34)24-22(35-2)5-4-6-23(24)36-3/h4-15H,1-3H3,(H,30,34)(H,31,32,33). The Balaban J connectivity index is 1.35. The number of carbonyl (C=O) groups excluding carboxylic acids is 2. The maximum absolute atomic E-state index is 12.9. The third-order valence-electron chi connectivity index (χ3n) is 5.40. The Morgan fingerprint density at radius 3 is 2.26 bits per heavy atom. The van der Waals surface area contributed by atoms with Crippen LogP contribution in [0, 0.1) is 0 Å². The molecule has 0 aliphatic heterocycles. The van der Waals surface area contributed by atoms with Crippen molar-refractivity contribution in [1.82, 2.24) is 4.98 Å². The van der Waals surface area contributed by atoms with Gasteiger partial charge in [-0.3, -0.25) is 9.59 Å². The van der Waals surface area contributed by atoms with Gasteiger partial charge in [0.25, 0.3) is 5.91 Å². The Morgan fingerprint density at radius 2 is 1.63 bits per heavy atom. The van der Waals surface area contributed by atoms with Crippen molar-refractivity contribution >= 4 is 68.9 Å². The molecule has 0 bridgehead atoms. The molecule has 0 fully saturated rings. The molecule has 0 spiro atoms. The van der Waals surface area contributed by atoms with Crippen LogP contribution < -0.4 is 20.1 Å². The summed E-state index contributed by atoms with van der Waals surface area (Å²) in [6, 6.07) is 17.7. The quantitative estimate of drug-likeness (QED) is 0.197. The third-order valence-corrected chi connectivity index (χ3v) is 8.01. The summed E-state index contributed by atoms with van der Waals surface area (Å²) in [7, 11) is 3.00. The summed E-state index contributed by atoms with van der Waals surface area (Å²) in [6.07, 6.45) is 0. The summed E-state index contributed by atoms with van der Waals surface area (Å²) in [5.74, 6) is 0.304. The van der Waals surface area contributed by atoms with Gasteiger partial charge in [0.15, 0.2) is 5.13 Å². The molecule has 0 saturated carbocycles. The van der Waals surface area contributed by atoms with Crippen LogP contribution in [0.3, 0.4) is 0 Å². The van der Waals surface area contributed by atoms with Crippen LogP contribution in [0.4, 0.5) is 10.8 Å². The van der Waals surface area contributed by atoms with Crippen molar-refractivity contribution in [2.24, 2.45) is 0 Å². The number of nitrogens with one attached hydrogen (secondary N) is 2. The molecule has 0 aliphatic rings. The van der Waals surface area contributed by atoms with E-state index in [-0.39, 0.29) is 17.1 Å². The highest BCUT2D eigenvalue weighted by Crippen LogP contribution is 2.32. The average Bonchev–Trinajstić information content (AvgIpc) is 3.39. The average molecular weight is 589 g/mol. The third kappa shape index (κ3) is 6.60. The zero-order chi connectivity index (χ0) is 27.2. The number of rotatable bonds is 9. The number of amides is 2. The minimum Gasteiger partial charge on any atom is -0.496 e. The van der Waals surface area contributed by atoms with Gasteiger partial charge in [-0.25, -0.2) is 4.98 Å². The topological polar surface area (TPSA) is 89.5 Å². The Kier molecular flexibility index (Phi) is 9.17. The number of methoxy groups -OCH3 is 2. The fraction of sp³-hybridized carbons (Fsp3) is 0.148. The number of aromatic nitrogens is 1. The number of ether oxygens (including phenoxy) is 2. The van der Waals surface area contributed by atoms with Crippen LogP contribution in [0.1, 0.15) is 17.3 Å². The van der Waals surface area contributed by atoms with Crippen LogP contribution in [0.15, 0.2) is 70.9 Å². The number of carbonyl (C=O) groups is 2. The molecule has 3 aromatic carbocycles. The molecule has 7 nitrogen and oxygen atoms in total. The van der Waals surface area contributed by atoms with Crippen molar-refractivity contribution in [2.75, 3.05) is 24.9 Å². The van der Waals surface area contributed by atoms with Gasteiger partial charge >= 0.3 is 0 Å². The van der Waals surface area contributed by atoms with Crippen LogP contribution in [0.25, 0.3) is 11.3 Å². The van der Waals surface area contributed by atoms with E-state index < -0.39 is 0 Å². The van der Waals surface area contributed by atoms with Gasteiger partial charge in [0.05, 0.1) is 35.2 Å². The molecule has 2 amide bonds. The van der Waals surface area contributed by atoms with E-state index in [1.54, 1.807) is 42.5 Å². The molecule has 2 N–H and O–H groups in total. The van der Waals surface area contributed by atoms with E-state index in [0.717, 1.165) is 10.5 Å². The first-order chi connectivity index (χ1) is 18.3. The Bertz CT molecular complexity index is 1440. The van der Waals surface area contributed by atoms with Crippen molar-refractivity contribution in [2.45, 2.75) is 17.1 Å². The van der Waals surface area contributed by atoms with Crippen LogP contribution in [0.5, 0.6) is 11.5 Å². The number of thioether (sulfide) groups is 1. The van der Waals surface area contributed by atoms with Crippen molar-refractivity contribution in [3.8, 4) is 22.8 Å². The lowest BCUT2D eigenvalue weighted by atomic mass is 10.1. The van der Waals surface area contributed by atoms with Gasteiger partial charge in [-0.2, -0.15) is 0 Å². The van der Waals surface area contributed by atoms with E-state index in [1.807, 2.05) is 30.5 Å². The second-order valence-corrected chi connectivity index (χ2v) is 11.0. The molecular weight excluding hydrogens is 565 g/mol. The number of halogens is 2. The summed E-state index contributed by atoms with van der Waals surface area (Å²) in [5, 5.41) is 8.59. The van der Waals surface area contributed by atoms with E-state index in [1.165, 1.54) is 37.3 Å². The van der Waals surface area contributed by atoms with Gasteiger partial charge in [0.1, 0.15) is 17.1 Å². The largest absolute Gasteiger partial charge is 0.496 e. The Hall–Kier alpha value is -3.24. The molecule has 0 aliphatic carbocycles. The molecule has 4 aromatic rings. The second-order valence-electron chi connectivity index (χ2n) is 7.93. The number of hydrogen-bond acceptors (Lipinski definition) is 7. The summed E-state index contributed by atoms with van der Waals surface area (Å²) in [5.41, 5.74) is 2.43. The van der Waals surface area contributed by atoms with Crippen LogP contribution in [-0.4, -0.2) is 36.3 Å². The fourth-order valence-electron chi connectivity index (χ4n) is 3.47. The van der Waals surface area contributed by atoms with Gasteiger partial charge in [-0.15, -0.1) is 23.1 Å². The number of benzene rings is 3. The lowest BCUT2D eigenvalue weighted by Crippen LogP contribution is -2.22. The highest BCUT2D eigenvalue weighted by atomic mass is 35.5. The van der Waals surface area contributed by atoms with Gasteiger partial charge < -0.3 is 20.1 Å². The SMILES string of the molecule is COc1cccc(OC)c1C(=O)Nc1ccc(SC(C)C(=O)Nc2nc(-c3ccc(Cl)c(Cl)c3)cs2)cc1. The molecule has 11 heteroatoms. The molecule has 38 heavy (non-hydrogen) atoms. The number of nitrogens with zero attached hydrogens (tertiary/aromatic N) is 1. The lowest BCUT2D eigenvalue weighted by molar-refractivity contribution is -0.115. The van der Waals surface area contributed by atoms with E-state index in [2.05, 4.69) is 15.6 Å². The van der Waals surface area contributed by atoms with Crippen LogP contribution >= 0.6 is 46.3 Å². The molecule has 0 radical (unpaired) electrons. The van der Waals surface area contributed by atoms with Gasteiger partial charge in [0, 0.05) is 21.5 Å². The normalized spacial score (nSPS) is 11.5. The highest BCUT2D eigenvalue weighted by Gasteiger charge is 2.19. The van der Waals surface area contributed by atoms with Crippen molar-refractivity contribution in [3.05, 3.63) is 81.7 Å². The van der Waals surface area contributed by atoms with Crippen molar-refractivity contribution in [1.29, 1.82) is 0 Å². The molecule has 4 rings (SSSR count). The van der Waals surface area contributed by atoms with E-state index >= 15 is 0 Å². The molecule has 1 aromatic heterocycles. The minimum atomic E-state index is -0.384. The van der Waals surface area contributed by atoms with E-state index in [4.69, 9.17) is 32.7 Å². The maximum atomic E-state index is 12.9. The Morgan fingerprint density at radius 1 is 0.947 bits per heavy atom. The summed E-state index contributed by atoms with van der Waals surface area (Å²) < 4.78 is 10.6. The number of hydrogen-bond donors (Lipinski definition) is 2. The second kappa shape index (κ2) is 12.5. The predicted molar refractivity (Wildman–Crippen MR) is 155 cm³/mol. The summed E-state index contributed by atoms with van der Waals surface area (Å²) >= 11 is 14.8. The lowest BCUT2D eigenvalue weighted by Gasteiger charge is -2.14.